The molecule has 3 aromatic rings. The molecule has 0 radical (unpaired) electrons. The van der Waals surface area contributed by atoms with Crippen molar-refractivity contribution < 1.29 is 29.6 Å². The molecular formula is C21H20IrNO2. The molecule has 0 saturated heterocycles. The van der Waals surface area contributed by atoms with E-state index in [1.54, 1.807) is 33.6 Å². The van der Waals surface area contributed by atoms with Gasteiger partial charge in [0.2, 0.25) is 0 Å². The average molecular weight is 511 g/mol. The summed E-state index contributed by atoms with van der Waals surface area (Å²) < 4.78 is 9.83. The van der Waals surface area contributed by atoms with Gasteiger partial charge < -0.3 is 14.5 Å². The summed E-state index contributed by atoms with van der Waals surface area (Å²) in [6, 6.07) is 24.7. The van der Waals surface area contributed by atoms with Gasteiger partial charge in [-0.1, -0.05) is 12.1 Å². The van der Waals surface area contributed by atoms with Crippen molar-refractivity contribution in [3.63, 3.8) is 0 Å². The Bertz CT molecular complexity index is 643. The third kappa shape index (κ3) is 7.12. The summed E-state index contributed by atoms with van der Waals surface area (Å²) in [5, 5.41) is 0. The van der Waals surface area contributed by atoms with Crippen LogP contribution in [-0.2, 0) is 29.6 Å². The smallest absolute Gasteiger partial charge is 0.429 e. The van der Waals surface area contributed by atoms with Gasteiger partial charge in [-0.25, -0.2) is 12.1 Å². The quantitative estimate of drug-likeness (QED) is 0.472. The van der Waals surface area contributed by atoms with Gasteiger partial charge in [-0.3, -0.25) is 11.1 Å². The van der Waals surface area contributed by atoms with Gasteiger partial charge in [-0.2, -0.15) is 0 Å². The molecule has 4 heteroatoms. The summed E-state index contributed by atoms with van der Waals surface area (Å²) in [5.41, 5.74) is 4.04. The molecular weight excluding hydrogens is 490 g/mol. The van der Waals surface area contributed by atoms with Gasteiger partial charge in [-0.05, 0) is 11.8 Å². The molecule has 0 aliphatic heterocycles. The maximum atomic E-state index is 4.91. The number of nitrogens with zero attached hydrogens (tertiary/aromatic N) is 1. The molecule has 0 amide bonds. The van der Waals surface area contributed by atoms with Gasteiger partial charge in [0.25, 0.3) is 0 Å². The number of hydrogen-bond donors (Lipinski definition) is 0. The molecule has 0 aliphatic rings. The van der Waals surface area contributed by atoms with E-state index in [1.807, 2.05) is 66.7 Å². The summed E-state index contributed by atoms with van der Waals surface area (Å²) in [5.74, 6) is 0. The molecule has 0 bridgehead atoms. The van der Waals surface area contributed by atoms with Crippen molar-refractivity contribution in [1.29, 1.82) is 0 Å². The Labute approximate surface area is 163 Å². The van der Waals surface area contributed by atoms with Crippen LogP contribution in [0.3, 0.4) is 0 Å². The fourth-order valence-electron chi connectivity index (χ4n) is 2.05. The first-order valence-corrected chi connectivity index (χ1v) is 7.54. The van der Waals surface area contributed by atoms with Gasteiger partial charge in [0.1, 0.15) is 0 Å². The van der Waals surface area contributed by atoms with Crippen LogP contribution in [0.15, 0.2) is 72.9 Å². The fourth-order valence-corrected chi connectivity index (χ4v) is 2.05. The average Bonchev–Trinajstić information content (AvgIpc) is 2.66. The number of benzene rings is 2. The topological polar surface area (TPSA) is 31.4 Å². The van der Waals surface area contributed by atoms with Crippen molar-refractivity contribution in [1.82, 2.24) is 4.98 Å². The molecule has 0 saturated carbocycles. The zero-order valence-corrected chi connectivity index (χ0v) is 16.6. The first kappa shape index (κ1) is 20.9. The zero-order valence-electron chi connectivity index (χ0n) is 14.2. The first-order chi connectivity index (χ1) is 11.8. The Kier molecular flexibility index (Phi) is 10.3. The molecule has 3 rings (SSSR count). The Morgan fingerprint density at radius 2 is 1.40 bits per heavy atom. The number of methoxy groups -OCH3 is 2. The number of ether oxygens (including phenoxy) is 2. The van der Waals surface area contributed by atoms with E-state index in [1.165, 1.54) is 0 Å². The molecule has 0 aliphatic carbocycles. The minimum absolute atomic E-state index is 0. The summed E-state index contributed by atoms with van der Waals surface area (Å²) in [4.78, 5) is 4.22. The van der Waals surface area contributed by atoms with Crippen LogP contribution >= 0.6 is 0 Å². The second kappa shape index (κ2) is 12.3. The maximum absolute atomic E-state index is 4.91. The van der Waals surface area contributed by atoms with Crippen molar-refractivity contribution in [3.05, 3.63) is 103 Å². The Morgan fingerprint density at radius 3 is 1.88 bits per heavy atom. The molecule has 130 valence electrons. The molecule has 0 spiro atoms. The summed E-state index contributed by atoms with van der Waals surface area (Å²) in [6.07, 6.45) is 1.79. The maximum Gasteiger partial charge on any atom is 3.00 e. The molecule has 0 fully saturated rings. The van der Waals surface area contributed by atoms with E-state index < -0.39 is 0 Å². The number of aromatic nitrogens is 1. The molecule has 0 N–H and O–H groups in total. The van der Waals surface area contributed by atoms with E-state index in [-0.39, 0.29) is 20.1 Å². The van der Waals surface area contributed by atoms with E-state index in [4.69, 9.17) is 9.47 Å². The van der Waals surface area contributed by atoms with Crippen LogP contribution in [0.4, 0.5) is 0 Å². The van der Waals surface area contributed by atoms with Gasteiger partial charge in [0.05, 0.1) is 0 Å². The largest absolute Gasteiger partial charge is 3.00 e. The van der Waals surface area contributed by atoms with Crippen LogP contribution in [0.25, 0.3) is 11.3 Å². The SMILES string of the molecule is CO[CH-]c1ccccc1[CH-]OC.[Ir+3].[c-]1ccccc1-c1ccccn1. The van der Waals surface area contributed by atoms with Gasteiger partial charge in [0.15, 0.2) is 0 Å². The number of rotatable bonds is 5. The van der Waals surface area contributed by atoms with Crippen LogP contribution in [-0.4, -0.2) is 19.2 Å². The van der Waals surface area contributed by atoms with E-state index >= 15 is 0 Å². The number of hydrogen-bond acceptors (Lipinski definition) is 3. The van der Waals surface area contributed by atoms with Crippen LogP contribution in [0.2, 0.25) is 0 Å². The third-order valence-electron chi connectivity index (χ3n) is 3.14. The molecule has 3 nitrogen and oxygen atoms in total. The molecule has 0 unspecified atom stereocenters. The van der Waals surface area contributed by atoms with Gasteiger partial charge in [0, 0.05) is 20.4 Å². The Balaban J connectivity index is 0.000000240. The fraction of sp³-hybridized carbons (Fsp3) is 0.0952. The third-order valence-corrected chi connectivity index (χ3v) is 3.14. The predicted octanol–water partition coefficient (Wildman–Crippen LogP) is 4.55. The van der Waals surface area contributed by atoms with Crippen molar-refractivity contribution in [2.24, 2.45) is 0 Å². The summed E-state index contributed by atoms with van der Waals surface area (Å²) in [6.45, 7) is 3.37. The minimum atomic E-state index is 0. The van der Waals surface area contributed by atoms with Crippen molar-refractivity contribution in [2.45, 2.75) is 0 Å². The molecule has 1 heterocycles. The molecule has 2 aromatic carbocycles. The minimum Gasteiger partial charge on any atom is -0.429 e. The van der Waals surface area contributed by atoms with Crippen molar-refractivity contribution >= 4 is 0 Å². The number of pyridine rings is 1. The Morgan fingerprint density at radius 1 is 0.800 bits per heavy atom. The van der Waals surface area contributed by atoms with E-state index in [2.05, 4.69) is 11.1 Å². The van der Waals surface area contributed by atoms with Gasteiger partial charge >= 0.3 is 20.1 Å². The molecule has 0 atom stereocenters. The van der Waals surface area contributed by atoms with Crippen LogP contribution in [0, 0.1) is 19.3 Å². The van der Waals surface area contributed by atoms with Gasteiger partial charge in [-0.15, -0.1) is 61.2 Å². The monoisotopic (exact) mass is 511 g/mol. The standard InChI is InChI=1S/C11H8N.C10H12O2.Ir/c1-2-6-10(7-3-1)11-8-4-5-9-12-11;1-11-7-9-5-3-4-6-10(9)8-12-2;/h1-6,8-9H;3-8H,1-2H3;/q-1;-2;+3. The second-order valence-electron chi connectivity index (χ2n) is 4.83. The Hall–Kier alpha value is -2.10. The van der Waals surface area contributed by atoms with Crippen molar-refractivity contribution in [3.8, 4) is 11.3 Å². The van der Waals surface area contributed by atoms with E-state index in [0.29, 0.717) is 0 Å². The summed E-state index contributed by atoms with van der Waals surface area (Å²) >= 11 is 0. The van der Waals surface area contributed by atoms with Crippen LogP contribution in [0.5, 0.6) is 0 Å². The molecule has 25 heavy (non-hydrogen) atoms. The van der Waals surface area contributed by atoms with E-state index in [9.17, 15) is 0 Å². The van der Waals surface area contributed by atoms with Crippen molar-refractivity contribution in [2.75, 3.05) is 14.2 Å². The summed E-state index contributed by atoms with van der Waals surface area (Å²) in [7, 11) is 3.26. The predicted molar refractivity (Wildman–Crippen MR) is 95.8 cm³/mol. The van der Waals surface area contributed by atoms with Crippen LogP contribution < -0.4 is 0 Å². The van der Waals surface area contributed by atoms with Crippen LogP contribution in [0.1, 0.15) is 11.1 Å². The second-order valence-corrected chi connectivity index (χ2v) is 4.83. The zero-order chi connectivity index (χ0) is 17.0. The normalized spacial score (nSPS) is 9.20. The first-order valence-electron chi connectivity index (χ1n) is 7.54. The van der Waals surface area contributed by atoms with E-state index in [0.717, 1.165) is 22.4 Å². The molecule has 1 aromatic heterocycles.